The van der Waals surface area contributed by atoms with Gasteiger partial charge in [-0.2, -0.15) is 5.10 Å². The second-order valence-corrected chi connectivity index (χ2v) is 15.5. The van der Waals surface area contributed by atoms with E-state index in [4.69, 9.17) is 35.1 Å². The second-order valence-electron chi connectivity index (χ2n) is 15.5. The number of pyridine rings is 1. The summed E-state index contributed by atoms with van der Waals surface area (Å²) in [5.41, 5.74) is 5.23. The van der Waals surface area contributed by atoms with Crippen LogP contribution in [0.5, 0.6) is 17.4 Å². The molecule has 1 amide bonds. The van der Waals surface area contributed by atoms with Crippen molar-refractivity contribution in [2.24, 2.45) is 0 Å². The molecule has 280 valence electrons. The number of nitrogens with one attached hydrogen (secondary N) is 1. The second kappa shape index (κ2) is 14.5. The van der Waals surface area contributed by atoms with Crippen molar-refractivity contribution in [2.45, 2.75) is 90.1 Å². The van der Waals surface area contributed by atoms with Crippen molar-refractivity contribution >= 4 is 27.9 Å². The molecular formula is C43H45FN4O6. The van der Waals surface area contributed by atoms with Gasteiger partial charge in [-0.3, -0.25) is 5.10 Å². The van der Waals surface area contributed by atoms with E-state index in [0.717, 1.165) is 58.7 Å². The number of H-pyrrole nitrogens is 1. The first-order valence-electron chi connectivity index (χ1n) is 18.8. The summed E-state index contributed by atoms with van der Waals surface area (Å²) in [5.74, 6) is 4.04. The molecule has 3 fully saturated rings. The number of amides is 1. The van der Waals surface area contributed by atoms with E-state index in [0.29, 0.717) is 72.3 Å². The normalized spacial score (nSPS) is 17.9. The average molecular weight is 733 g/mol. The quantitative estimate of drug-likeness (QED) is 0.150. The van der Waals surface area contributed by atoms with E-state index in [1.807, 2.05) is 51.1 Å². The molecule has 1 N–H and O–H groups in total. The van der Waals surface area contributed by atoms with E-state index in [9.17, 15) is 4.79 Å². The monoisotopic (exact) mass is 732 g/mol. The zero-order valence-electron chi connectivity index (χ0n) is 31.2. The van der Waals surface area contributed by atoms with Gasteiger partial charge in [0.1, 0.15) is 41.5 Å². The van der Waals surface area contributed by atoms with Crippen LogP contribution in [0.3, 0.4) is 0 Å². The largest absolute Gasteiger partial charge is 0.488 e. The molecule has 2 aromatic heterocycles. The van der Waals surface area contributed by atoms with E-state index in [-0.39, 0.29) is 36.6 Å². The van der Waals surface area contributed by atoms with Crippen LogP contribution in [0.4, 0.5) is 9.18 Å². The number of benzene rings is 3. The van der Waals surface area contributed by atoms with Gasteiger partial charge in [0.25, 0.3) is 0 Å². The summed E-state index contributed by atoms with van der Waals surface area (Å²) >= 11 is 0. The summed E-state index contributed by atoms with van der Waals surface area (Å²) in [6.45, 7) is 9.68. The summed E-state index contributed by atoms with van der Waals surface area (Å²) in [6, 6.07) is 13.1. The number of aromatic amines is 1. The van der Waals surface area contributed by atoms with E-state index < -0.39 is 5.60 Å². The number of nitrogens with zero attached hydrogens (tertiary/aromatic N) is 3. The molecule has 4 heterocycles. The van der Waals surface area contributed by atoms with Gasteiger partial charge in [0.15, 0.2) is 5.75 Å². The number of fused-ring (bicyclic) bond motifs is 2. The number of terminal acetylenes is 1. The minimum absolute atomic E-state index is 0.0917. The first-order chi connectivity index (χ1) is 26.0. The molecule has 0 unspecified atom stereocenters. The van der Waals surface area contributed by atoms with Crippen molar-refractivity contribution in [2.75, 3.05) is 26.3 Å². The summed E-state index contributed by atoms with van der Waals surface area (Å²) in [4.78, 5) is 19.8. The number of rotatable bonds is 9. The molecule has 0 radical (unpaired) electrons. The number of likely N-dealkylation sites (tertiary alicyclic amines) is 1. The Bertz CT molecular complexity index is 2250. The molecule has 5 aromatic rings. The molecule has 10 nitrogen and oxygen atoms in total. The van der Waals surface area contributed by atoms with Crippen molar-refractivity contribution in [1.82, 2.24) is 20.1 Å². The number of aromatic nitrogens is 3. The maximum Gasteiger partial charge on any atom is 0.410 e. The standard InChI is InChI=1S/C43H45FN4O6/c1-6-26-7-9-27(10-8-26)24-51-41-39(38-25(2)34(44)20-35-33(38)22-45-47-35)31(28-11-12-28)19-32-36(21-37(46-40(32)41)53-29-14-17-50-18-15-29)52-30-13-16-48(23-30)42(49)54-43(3,4)5/h1,7-10,19-22,28-30H,11-18,23-24H2,2-5H3,(H,45,47)/t30-/m0/s1. The molecule has 8 rings (SSSR count). The average Bonchev–Trinajstić information content (AvgIpc) is 3.71. The van der Waals surface area contributed by atoms with Gasteiger partial charge in [-0.25, -0.2) is 14.2 Å². The number of carbonyl (C=O) groups excluding carboxylic acids is 1. The lowest BCUT2D eigenvalue weighted by Crippen LogP contribution is -2.36. The van der Waals surface area contributed by atoms with Gasteiger partial charge in [0.2, 0.25) is 5.88 Å². The van der Waals surface area contributed by atoms with Crippen LogP contribution < -0.4 is 14.2 Å². The predicted molar refractivity (Wildman–Crippen MR) is 204 cm³/mol. The Morgan fingerprint density at radius 1 is 1.02 bits per heavy atom. The van der Waals surface area contributed by atoms with Gasteiger partial charge in [0, 0.05) is 59.3 Å². The first-order valence-corrected chi connectivity index (χ1v) is 18.8. The molecule has 1 aliphatic carbocycles. The van der Waals surface area contributed by atoms with E-state index >= 15 is 4.39 Å². The van der Waals surface area contributed by atoms with Crippen LogP contribution in [-0.2, 0) is 16.1 Å². The fourth-order valence-electron chi connectivity index (χ4n) is 7.37. The minimum Gasteiger partial charge on any atom is -0.488 e. The van der Waals surface area contributed by atoms with Crippen molar-refractivity contribution in [3.63, 3.8) is 0 Å². The first kappa shape index (κ1) is 35.7. The molecular weight excluding hydrogens is 687 g/mol. The third-order valence-electron chi connectivity index (χ3n) is 10.3. The van der Waals surface area contributed by atoms with E-state index in [1.165, 1.54) is 6.07 Å². The third-order valence-corrected chi connectivity index (χ3v) is 10.3. The number of ether oxygens (including phenoxy) is 5. The number of hydrogen-bond donors (Lipinski definition) is 1. The molecule has 3 aromatic carbocycles. The smallest absolute Gasteiger partial charge is 0.410 e. The van der Waals surface area contributed by atoms with Crippen LogP contribution in [0.25, 0.3) is 32.9 Å². The zero-order valence-corrected chi connectivity index (χ0v) is 31.2. The Morgan fingerprint density at radius 3 is 2.52 bits per heavy atom. The number of carbonyl (C=O) groups is 1. The molecule has 3 aliphatic rings. The van der Waals surface area contributed by atoms with Gasteiger partial charge in [-0.05, 0) is 87.4 Å². The lowest BCUT2D eigenvalue weighted by atomic mass is 9.88. The highest BCUT2D eigenvalue weighted by Crippen LogP contribution is 2.53. The lowest BCUT2D eigenvalue weighted by molar-refractivity contribution is 0.0234. The van der Waals surface area contributed by atoms with Crippen molar-refractivity contribution < 1.29 is 32.9 Å². The van der Waals surface area contributed by atoms with Crippen LogP contribution in [0.1, 0.15) is 81.0 Å². The number of hydrogen-bond acceptors (Lipinski definition) is 8. The van der Waals surface area contributed by atoms with Gasteiger partial charge >= 0.3 is 6.09 Å². The summed E-state index contributed by atoms with van der Waals surface area (Å²) in [7, 11) is 0. The Kier molecular flexibility index (Phi) is 9.57. The topological polar surface area (TPSA) is 108 Å². The predicted octanol–water partition coefficient (Wildman–Crippen LogP) is 8.61. The Hall–Kier alpha value is -5.34. The molecule has 2 aliphatic heterocycles. The molecule has 2 saturated heterocycles. The highest BCUT2D eigenvalue weighted by Gasteiger charge is 2.35. The summed E-state index contributed by atoms with van der Waals surface area (Å²) < 4.78 is 47.3. The Labute approximate surface area is 314 Å². The van der Waals surface area contributed by atoms with Crippen LogP contribution in [0, 0.1) is 25.1 Å². The third kappa shape index (κ3) is 7.40. The molecule has 11 heteroatoms. The summed E-state index contributed by atoms with van der Waals surface area (Å²) in [6.07, 6.45) is 10.7. The number of halogens is 1. The SMILES string of the molecule is C#Cc1ccc(COc2c(-c3c(C)c(F)cc4[nH]ncc34)c(C3CC3)cc3c(O[C@H]4CCN(C(=O)OC(C)(C)C)C4)cc(OC4CCOCC4)nc23)cc1. The van der Waals surface area contributed by atoms with Crippen molar-refractivity contribution in [1.29, 1.82) is 0 Å². The van der Waals surface area contributed by atoms with Gasteiger partial charge in [0.05, 0.1) is 31.5 Å². The fourth-order valence-corrected chi connectivity index (χ4v) is 7.37. The van der Waals surface area contributed by atoms with Gasteiger partial charge < -0.3 is 28.6 Å². The van der Waals surface area contributed by atoms with Gasteiger partial charge in [-0.15, -0.1) is 6.42 Å². The molecule has 0 spiro atoms. The van der Waals surface area contributed by atoms with Crippen LogP contribution in [-0.4, -0.2) is 70.3 Å². The summed E-state index contributed by atoms with van der Waals surface area (Å²) in [5, 5.41) is 8.81. The highest BCUT2D eigenvalue weighted by molar-refractivity contribution is 6.05. The fraction of sp³-hybridized carbons (Fsp3) is 0.419. The maximum atomic E-state index is 15.8. The Morgan fingerprint density at radius 2 is 1.80 bits per heavy atom. The molecule has 1 atom stereocenters. The Balaban J connectivity index is 1.30. The van der Waals surface area contributed by atoms with Crippen LogP contribution in [0.2, 0.25) is 0 Å². The van der Waals surface area contributed by atoms with Gasteiger partial charge in [-0.1, -0.05) is 18.1 Å². The minimum atomic E-state index is -0.605. The highest BCUT2D eigenvalue weighted by atomic mass is 19.1. The van der Waals surface area contributed by atoms with Crippen LogP contribution in [0.15, 0.2) is 48.7 Å². The lowest BCUT2D eigenvalue weighted by Gasteiger charge is -2.26. The van der Waals surface area contributed by atoms with E-state index in [2.05, 4.69) is 22.2 Å². The van der Waals surface area contributed by atoms with Crippen LogP contribution >= 0.6 is 0 Å². The van der Waals surface area contributed by atoms with Crippen molar-refractivity contribution in [3.8, 4) is 40.8 Å². The van der Waals surface area contributed by atoms with E-state index in [1.54, 1.807) is 18.0 Å². The molecule has 0 bridgehead atoms. The maximum absolute atomic E-state index is 15.8. The zero-order chi connectivity index (χ0) is 37.6. The van der Waals surface area contributed by atoms with Crippen molar-refractivity contribution in [3.05, 3.63) is 76.7 Å². The molecule has 1 saturated carbocycles. The molecule has 54 heavy (non-hydrogen) atoms.